The van der Waals surface area contributed by atoms with Gasteiger partial charge in [0.05, 0.1) is 12.7 Å². The van der Waals surface area contributed by atoms with Crippen molar-refractivity contribution in [2.75, 3.05) is 32.8 Å². The van der Waals surface area contributed by atoms with Crippen LogP contribution in [-0.4, -0.2) is 49.0 Å². The minimum Gasteiger partial charge on any atom is -0.389 e. The third-order valence-corrected chi connectivity index (χ3v) is 3.90. The molecular weight excluding hydrogens is 202 g/mol. The molecule has 1 saturated heterocycles. The second kappa shape index (κ2) is 6.58. The van der Waals surface area contributed by atoms with Gasteiger partial charge >= 0.3 is 0 Å². The Kier molecular flexibility index (Phi) is 5.73. The van der Waals surface area contributed by atoms with Crippen LogP contribution in [0.3, 0.4) is 0 Å². The molecule has 16 heavy (non-hydrogen) atoms. The minimum absolute atomic E-state index is 0.328. The van der Waals surface area contributed by atoms with Gasteiger partial charge in [-0.25, -0.2) is 0 Å². The molecule has 0 amide bonds. The van der Waals surface area contributed by atoms with Crippen LogP contribution in [0.25, 0.3) is 0 Å². The normalized spacial score (nSPS) is 23.2. The lowest BCUT2D eigenvalue weighted by atomic mass is 9.78. The summed E-state index contributed by atoms with van der Waals surface area (Å²) in [5.41, 5.74) is 0.529. The average Bonchev–Trinajstić information content (AvgIpc) is 2.30. The maximum atomic E-state index is 9.75. The summed E-state index contributed by atoms with van der Waals surface area (Å²) in [6.07, 6.45) is 3.45. The SMILES string of the molecule is CCOCC(O)CN1CCC(C)(CC)CC1. The molecule has 0 radical (unpaired) electrons. The van der Waals surface area contributed by atoms with Gasteiger partial charge in [0.15, 0.2) is 0 Å². The molecule has 0 aliphatic carbocycles. The molecule has 1 rings (SSSR count). The monoisotopic (exact) mass is 229 g/mol. The first-order valence-electron chi connectivity index (χ1n) is 6.58. The van der Waals surface area contributed by atoms with Crippen LogP contribution < -0.4 is 0 Å². The molecule has 0 bridgehead atoms. The Morgan fingerprint density at radius 2 is 1.94 bits per heavy atom. The van der Waals surface area contributed by atoms with Crippen LogP contribution in [0, 0.1) is 5.41 Å². The molecule has 0 aromatic heterocycles. The second-order valence-electron chi connectivity index (χ2n) is 5.28. The molecule has 0 aromatic carbocycles. The van der Waals surface area contributed by atoms with E-state index >= 15 is 0 Å². The van der Waals surface area contributed by atoms with Crippen LogP contribution in [0.4, 0.5) is 0 Å². The molecular formula is C13H27NO2. The lowest BCUT2D eigenvalue weighted by Gasteiger charge is -2.39. The van der Waals surface area contributed by atoms with E-state index in [9.17, 15) is 5.11 Å². The summed E-state index contributed by atoms with van der Waals surface area (Å²) >= 11 is 0. The molecule has 0 aromatic rings. The van der Waals surface area contributed by atoms with Crippen molar-refractivity contribution >= 4 is 0 Å². The fraction of sp³-hybridized carbons (Fsp3) is 1.00. The molecule has 1 aliphatic heterocycles. The number of hydrogen-bond donors (Lipinski definition) is 1. The Balaban J connectivity index is 2.21. The Bertz CT molecular complexity index is 188. The van der Waals surface area contributed by atoms with Gasteiger partial charge in [0.25, 0.3) is 0 Å². The molecule has 1 atom stereocenters. The predicted molar refractivity (Wildman–Crippen MR) is 66.6 cm³/mol. The van der Waals surface area contributed by atoms with E-state index in [0.29, 0.717) is 18.6 Å². The van der Waals surface area contributed by atoms with E-state index in [2.05, 4.69) is 18.7 Å². The number of aliphatic hydroxyl groups is 1. The van der Waals surface area contributed by atoms with Crippen molar-refractivity contribution in [2.24, 2.45) is 5.41 Å². The number of likely N-dealkylation sites (tertiary alicyclic amines) is 1. The van der Waals surface area contributed by atoms with Crippen molar-refractivity contribution < 1.29 is 9.84 Å². The lowest BCUT2D eigenvalue weighted by Crippen LogP contribution is -2.43. The van der Waals surface area contributed by atoms with Crippen molar-refractivity contribution in [1.82, 2.24) is 4.90 Å². The molecule has 96 valence electrons. The van der Waals surface area contributed by atoms with E-state index in [1.807, 2.05) is 6.92 Å². The second-order valence-corrected chi connectivity index (χ2v) is 5.28. The number of nitrogens with zero attached hydrogens (tertiary/aromatic N) is 1. The first-order valence-corrected chi connectivity index (χ1v) is 6.58. The highest BCUT2D eigenvalue weighted by molar-refractivity contribution is 4.82. The highest BCUT2D eigenvalue weighted by Gasteiger charge is 2.28. The van der Waals surface area contributed by atoms with Gasteiger partial charge in [-0.3, -0.25) is 0 Å². The molecule has 1 fully saturated rings. The van der Waals surface area contributed by atoms with E-state index in [0.717, 1.165) is 19.6 Å². The Hall–Kier alpha value is -0.120. The van der Waals surface area contributed by atoms with E-state index in [-0.39, 0.29) is 6.10 Å². The van der Waals surface area contributed by atoms with E-state index in [1.54, 1.807) is 0 Å². The third kappa shape index (κ3) is 4.40. The van der Waals surface area contributed by atoms with Gasteiger partial charge in [0.1, 0.15) is 0 Å². The summed E-state index contributed by atoms with van der Waals surface area (Å²) in [4.78, 5) is 2.36. The summed E-state index contributed by atoms with van der Waals surface area (Å²) in [5.74, 6) is 0. The van der Waals surface area contributed by atoms with Gasteiger partial charge < -0.3 is 14.7 Å². The Morgan fingerprint density at radius 1 is 1.31 bits per heavy atom. The number of aliphatic hydroxyl groups excluding tert-OH is 1. The molecule has 1 aliphatic rings. The summed E-state index contributed by atoms with van der Waals surface area (Å²) in [5, 5.41) is 9.75. The zero-order chi connectivity index (χ0) is 12.0. The number of hydrogen-bond acceptors (Lipinski definition) is 3. The van der Waals surface area contributed by atoms with Crippen LogP contribution in [-0.2, 0) is 4.74 Å². The van der Waals surface area contributed by atoms with Gasteiger partial charge in [-0.2, -0.15) is 0 Å². The maximum absolute atomic E-state index is 9.75. The van der Waals surface area contributed by atoms with Crippen LogP contribution in [0.1, 0.15) is 40.0 Å². The van der Waals surface area contributed by atoms with E-state index < -0.39 is 0 Å². The Morgan fingerprint density at radius 3 is 2.44 bits per heavy atom. The van der Waals surface area contributed by atoms with Gasteiger partial charge in [0.2, 0.25) is 0 Å². The third-order valence-electron chi connectivity index (χ3n) is 3.90. The maximum Gasteiger partial charge on any atom is 0.0900 e. The molecule has 1 heterocycles. The van der Waals surface area contributed by atoms with E-state index in [1.165, 1.54) is 19.3 Å². The van der Waals surface area contributed by atoms with Gasteiger partial charge in [-0.05, 0) is 38.3 Å². The van der Waals surface area contributed by atoms with Crippen LogP contribution in [0.15, 0.2) is 0 Å². The highest BCUT2D eigenvalue weighted by atomic mass is 16.5. The summed E-state index contributed by atoms with van der Waals surface area (Å²) in [6.45, 7) is 10.8. The largest absolute Gasteiger partial charge is 0.389 e. The van der Waals surface area contributed by atoms with Crippen LogP contribution in [0.2, 0.25) is 0 Å². The number of rotatable bonds is 6. The fourth-order valence-electron chi connectivity index (χ4n) is 2.23. The van der Waals surface area contributed by atoms with E-state index in [4.69, 9.17) is 4.74 Å². The number of piperidine rings is 1. The van der Waals surface area contributed by atoms with Gasteiger partial charge in [-0.15, -0.1) is 0 Å². The molecule has 3 heteroatoms. The van der Waals surface area contributed by atoms with Crippen molar-refractivity contribution in [3.8, 4) is 0 Å². The zero-order valence-corrected chi connectivity index (χ0v) is 11.0. The smallest absolute Gasteiger partial charge is 0.0900 e. The van der Waals surface area contributed by atoms with Crippen LogP contribution >= 0.6 is 0 Å². The predicted octanol–water partition coefficient (Wildman–Crippen LogP) is 1.90. The molecule has 1 N–H and O–H groups in total. The quantitative estimate of drug-likeness (QED) is 0.755. The summed E-state index contributed by atoms with van der Waals surface area (Å²) in [6, 6.07) is 0. The summed E-state index contributed by atoms with van der Waals surface area (Å²) in [7, 11) is 0. The van der Waals surface area contributed by atoms with Gasteiger partial charge in [-0.1, -0.05) is 20.3 Å². The van der Waals surface area contributed by atoms with Crippen molar-refractivity contribution in [3.05, 3.63) is 0 Å². The first-order chi connectivity index (χ1) is 7.59. The van der Waals surface area contributed by atoms with Crippen molar-refractivity contribution in [3.63, 3.8) is 0 Å². The zero-order valence-electron chi connectivity index (χ0n) is 11.0. The standard InChI is InChI=1S/C13H27NO2/c1-4-13(3)6-8-14(9-7-13)10-12(15)11-16-5-2/h12,15H,4-11H2,1-3H3. The van der Waals surface area contributed by atoms with Gasteiger partial charge in [0, 0.05) is 13.2 Å². The number of ether oxygens (including phenoxy) is 1. The van der Waals surface area contributed by atoms with Crippen molar-refractivity contribution in [1.29, 1.82) is 0 Å². The van der Waals surface area contributed by atoms with Crippen LogP contribution in [0.5, 0.6) is 0 Å². The molecule has 1 unspecified atom stereocenters. The fourth-order valence-corrected chi connectivity index (χ4v) is 2.23. The topological polar surface area (TPSA) is 32.7 Å². The number of β-amino-alcohol motifs (C(OH)–C–C–N with tert-alkyl or cyclic N) is 1. The lowest BCUT2D eigenvalue weighted by molar-refractivity contribution is 0.00747. The highest BCUT2D eigenvalue weighted by Crippen LogP contribution is 2.33. The average molecular weight is 229 g/mol. The minimum atomic E-state index is -0.328. The molecule has 0 saturated carbocycles. The molecule has 3 nitrogen and oxygen atoms in total. The molecule has 0 spiro atoms. The Labute approximate surface area is 99.8 Å². The first kappa shape index (κ1) is 13.9. The summed E-state index contributed by atoms with van der Waals surface area (Å²) < 4.78 is 5.22. The van der Waals surface area contributed by atoms with Crippen molar-refractivity contribution in [2.45, 2.75) is 46.1 Å².